The van der Waals surface area contributed by atoms with Gasteiger partial charge in [0, 0.05) is 37.8 Å². The van der Waals surface area contributed by atoms with Crippen molar-refractivity contribution in [3.63, 3.8) is 0 Å². The Kier molecular flexibility index (Phi) is 3.70. The highest BCUT2D eigenvalue weighted by molar-refractivity contribution is 7.10. The van der Waals surface area contributed by atoms with Gasteiger partial charge in [0.1, 0.15) is 5.01 Å². The summed E-state index contributed by atoms with van der Waals surface area (Å²) in [5.41, 5.74) is 3.84. The number of likely N-dealkylation sites (N-methyl/N-ethyl adjacent to an activating group) is 2. The van der Waals surface area contributed by atoms with Crippen molar-refractivity contribution in [3.8, 4) is 11.3 Å². The summed E-state index contributed by atoms with van der Waals surface area (Å²) in [6.07, 6.45) is 0.764. The number of nitrogens with zero attached hydrogens (tertiary/aromatic N) is 3. The third-order valence-corrected chi connectivity index (χ3v) is 4.65. The molecular formula is C16H17N3O2S. The van der Waals surface area contributed by atoms with E-state index in [-0.39, 0.29) is 11.8 Å². The van der Waals surface area contributed by atoms with Crippen LogP contribution in [0.15, 0.2) is 23.6 Å². The average Bonchev–Trinajstić information content (AvgIpc) is 3.04. The molecule has 5 nitrogen and oxygen atoms in total. The maximum atomic E-state index is 11.7. The minimum Gasteiger partial charge on any atom is -0.348 e. The Morgan fingerprint density at radius 2 is 2.18 bits per heavy atom. The van der Waals surface area contributed by atoms with Gasteiger partial charge in [0.25, 0.3) is 0 Å². The molecule has 2 heterocycles. The second kappa shape index (κ2) is 5.53. The Morgan fingerprint density at radius 1 is 1.41 bits per heavy atom. The van der Waals surface area contributed by atoms with Crippen LogP contribution >= 0.6 is 11.3 Å². The van der Waals surface area contributed by atoms with Gasteiger partial charge < -0.3 is 9.80 Å². The number of carbonyl (C=O) groups excluding carboxylic acids is 2. The SMILES string of the molecule is CN(C)C(=O)Cc1nc(-c2ccc3c(c2)CC(=O)N3C)cs1. The molecule has 0 aliphatic carbocycles. The van der Waals surface area contributed by atoms with Crippen molar-refractivity contribution >= 4 is 28.8 Å². The molecule has 0 saturated carbocycles. The van der Waals surface area contributed by atoms with E-state index in [0.717, 1.165) is 27.5 Å². The molecule has 6 heteroatoms. The predicted octanol–water partition coefficient (Wildman–Crippen LogP) is 1.96. The van der Waals surface area contributed by atoms with Gasteiger partial charge in [0.15, 0.2) is 0 Å². The number of fused-ring (bicyclic) bond motifs is 1. The fraction of sp³-hybridized carbons (Fsp3) is 0.312. The second-order valence-electron chi connectivity index (χ2n) is 5.56. The third kappa shape index (κ3) is 2.62. The molecule has 0 atom stereocenters. The molecule has 2 amide bonds. The van der Waals surface area contributed by atoms with Crippen molar-refractivity contribution in [3.05, 3.63) is 34.2 Å². The van der Waals surface area contributed by atoms with Crippen LogP contribution in [0.2, 0.25) is 0 Å². The summed E-state index contributed by atoms with van der Waals surface area (Å²) in [7, 11) is 5.28. The highest BCUT2D eigenvalue weighted by Crippen LogP contribution is 2.32. The second-order valence-corrected chi connectivity index (χ2v) is 6.51. The normalized spacial score (nSPS) is 13.4. The first kappa shape index (κ1) is 14.7. The van der Waals surface area contributed by atoms with Crippen molar-refractivity contribution < 1.29 is 9.59 Å². The maximum Gasteiger partial charge on any atom is 0.231 e. The lowest BCUT2D eigenvalue weighted by Gasteiger charge is -2.10. The van der Waals surface area contributed by atoms with Crippen LogP contribution in [0.3, 0.4) is 0 Å². The highest BCUT2D eigenvalue weighted by atomic mass is 32.1. The summed E-state index contributed by atoms with van der Waals surface area (Å²) in [6.45, 7) is 0. The van der Waals surface area contributed by atoms with E-state index in [0.29, 0.717) is 12.8 Å². The van der Waals surface area contributed by atoms with Gasteiger partial charge in [-0.25, -0.2) is 4.98 Å². The lowest BCUT2D eigenvalue weighted by atomic mass is 10.1. The number of carbonyl (C=O) groups is 2. The minimum atomic E-state index is 0.0436. The van der Waals surface area contributed by atoms with Crippen molar-refractivity contribution in [2.75, 3.05) is 26.0 Å². The number of rotatable bonds is 3. The van der Waals surface area contributed by atoms with Crippen molar-refractivity contribution in [1.82, 2.24) is 9.88 Å². The van der Waals surface area contributed by atoms with Gasteiger partial charge >= 0.3 is 0 Å². The van der Waals surface area contributed by atoms with Gasteiger partial charge in [-0.3, -0.25) is 9.59 Å². The molecule has 0 saturated heterocycles. The Labute approximate surface area is 133 Å². The summed E-state index contributed by atoms with van der Waals surface area (Å²) < 4.78 is 0. The number of hydrogen-bond donors (Lipinski definition) is 0. The van der Waals surface area contributed by atoms with E-state index in [9.17, 15) is 9.59 Å². The van der Waals surface area contributed by atoms with Gasteiger partial charge in [0.05, 0.1) is 18.5 Å². The molecule has 22 heavy (non-hydrogen) atoms. The van der Waals surface area contributed by atoms with Crippen LogP contribution in [0, 0.1) is 0 Å². The zero-order valence-electron chi connectivity index (χ0n) is 12.8. The van der Waals surface area contributed by atoms with Crippen LogP contribution in [-0.2, 0) is 22.4 Å². The first-order valence-corrected chi connectivity index (χ1v) is 7.88. The van der Waals surface area contributed by atoms with Gasteiger partial charge in [-0.2, -0.15) is 0 Å². The largest absolute Gasteiger partial charge is 0.348 e. The van der Waals surface area contributed by atoms with Crippen LogP contribution in [0.4, 0.5) is 5.69 Å². The first-order valence-electron chi connectivity index (χ1n) is 7.00. The fourth-order valence-corrected chi connectivity index (χ4v) is 3.24. The number of benzene rings is 1. The number of aromatic nitrogens is 1. The van der Waals surface area contributed by atoms with E-state index < -0.39 is 0 Å². The van der Waals surface area contributed by atoms with Crippen molar-refractivity contribution in [2.24, 2.45) is 0 Å². The Morgan fingerprint density at radius 3 is 2.91 bits per heavy atom. The van der Waals surface area contributed by atoms with Crippen LogP contribution in [0.25, 0.3) is 11.3 Å². The van der Waals surface area contributed by atoms with Crippen LogP contribution in [0.5, 0.6) is 0 Å². The van der Waals surface area contributed by atoms with Gasteiger partial charge in [-0.1, -0.05) is 6.07 Å². The zero-order valence-corrected chi connectivity index (χ0v) is 13.6. The van der Waals surface area contributed by atoms with Crippen LogP contribution in [0.1, 0.15) is 10.6 Å². The first-order chi connectivity index (χ1) is 10.5. The van der Waals surface area contributed by atoms with Crippen molar-refractivity contribution in [1.29, 1.82) is 0 Å². The third-order valence-electron chi connectivity index (χ3n) is 3.81. The smallest absolute Gasteiger partial charge is 0.231 e. The van der Waals surface area contributed by atoms with Crippen molar-refractivity contribution in [2.45, 2.75) is 12.8 Å². The molecule has 1 aliphatic heterocycles. The summed E-state index contributed by atoms with van der Waals surface area (Å²) >= 11 is 1.49. The molecule has 2 aromatic rings. The fourth-order valence-electron chi connectivity index (χ4n) is 2.44. The molecule has 0 spiro atoms. The number of amides is 2. The van der Waals surface area contributed by atoms with Crippen LogP contribution < -0.4 is 4.90 Å². The molecule has 0 fully saturated rings. The molecule has 0 bridgehead atoms. The Hall–Kier alpha value is -2.21. The van der Waals surface area contributed by atoms with E-state index in [1.54, 1.807) is 30.9 Å². The van der Waals surface area contributed by atoms with E-state index in [2.05, 4.69) is 4.98 Å². The molecule has 3 rings (SSSR count). The highest BCUT2D eigenvalue weighted by Gasteiger charge is 2.24. The standard InChI is InChI=1S/C16H17N3O2S/c1-18(2)15(20)8-14-17-12(9-22-14)10-4-5-13-11(6-10)7-16(21)19(13)3/h4-6,9H,7-8H2,1-3H3. The molecule has 0 N–H and O–H groups in total. The van der Waals surface area contributed by atoms with E-state index in [1.807, 2.05) is 23.6 Å². The Bertz CT molecular complexity index is 752. The quantitative estimate of drug-likeness (QED) is 0.870. The van der Waals surface area contributed by atoms with Crippen LogP contribution in [-0.4, -0.2) is 42.8 Å². The Balaban J connectivity index is 1.84. The molecular weight excluding hydrogens is 298 g/mol. The zero-order chi connectivity index (χ0) is 15.9. The van der Waals surface area contributed by atoms with Gasteiger partial charge in [0.2, 0.25) is 11.8 Å². The molecule has 114 valence electrons. The molecule has 0 unspecified atom stereocenters. The molecule has 1 aromatic heterocycles. The van der Waals surface area contributed by atoms with E-state index in [4.69, 9.17) is 0 Å². The van der Waals surface area contributed by atoms with E-state index in [1.165, 1.54) is 11.3 Å². The summed E-state index contributed by atoms with van der Waals surface area (Å²) in [5.74, 6) is 0.157. The number of thiazole rings is 1. The molecule has 1 aromatic carbocycles. The van der Waals surface area contributed by atoms with Gasteiger partial charge in [-0.05, 0) is 17.7 Å². The average molecular weight is 315 g/mol. The maximum absolute atomic E-state index is 11.7. The summed E-state index contributed by atoms with van der Waals surface area (Å²) in [4.78, 5) is 31.3. The topological polar surface area (TPSA) is 53.5 Å². The van der Waals surface area contributed by atoms with E-state index >= 15 is 0 Å². The number of hydrogen-bond acceptors (Lipinski definition) is 4. The summed E-state index contributed by atoms with van der Waals surface area (Å²) in [5, 5.41) is 2.77. The molecule has 1 aliphatic rings. The lowest BCUT2D eigenvalue weighted by Crippen LogP contribution is -2.23. The number of anilines is 1. The van der Waals surface area contributed by atoms with Gasteiger partial charge in [-0.15, -0.1) is 11.3 Å². The molecule has 0 radical (unpaired) electrons. The lowest BCUT2D eigenvalue weighted by molar-refractivity contribution is -0.128. The summed E-state index contributed by atoms with van der Waals surface area (Å²) in [6, 6.07) is 5.95. The monoisotopic (exact) mass is 315 g/mol. The minimum absolute atomic E-state index is 0.0436. The predicted molar refractivity (Wildman–Crippen MR) is 87.1 cm³/mol.